The summed E-state index contributed by atoms with van der Waals surface area (Å²) < 4.78 is 31.9. The Bertz CT molecular complexity index is 1090. The van der Waals surface area contributed by atoms with Gasteiger partial charge in [-0.15, -0.1) is 0 Å². The van der Waals surface area contributed by atoms with Crippen molar-refractivity contribution < 1.29 is 18.3 Å². The summed E-state index contributed by atoms with van der Waals surface area (Å²) in [6.07, 6.45) is 1.57. The number of halogens is 1. The van der Waals surface area contributed by atoms with Crippen LogP contribution in [0, 0.1) is 12.7 Å². The van der Waals surface area contributed by atoms with Crippen LogP contribution in [0.25, 0.3) is 5.70 Å². The van der Waals surface area contributed by atoms with Crippen LogP contribution in [0.3, 0.4) is 0 Å². The summed E-state index contributed by atoms with van der Waals surface area (Å²) in [5, 5.41) is 1.97. The predicted octanol–water partition coefficient (Wildman–Crippen LogP) is 5.12. The molecule has 0 saturated carbocycles. The molecule has 148 valence electrons. The molecular formula is C23H21FN2O3. The fourth-order valence-corrected chi connectivity index (χ4v) is 3.86. The van der Waals surface area contributed by atoms with Gasteiger partial charge in [0.2, 0.25) is 0 Å². The van der Waals surface area contributed by atoms with Crippen molar-refractivity contribution in [2.45, 2.75) is 26.1 Å². The molecule has 2 atom stereocenters. The van der Waals surface area contributed by atoms with Crippen LogP contribution in [0.1, 0.15) is 41.8 Å². The first kappa shape index (κ1) is 17.8. The third-order valence-corrected chi connectivity index (χ3v) is 5.12. The van der Waals surface area contributed by atoms with E-state index in [1.807, 2.05) is 55.3 Å². The smallest absolute Gasteiger partial charge is 0.196 e. The minimum absolute atomic E-state index is 0.118. The number of para-hydroxylation sites is 1. The second kappa shape index (κ2) is 6.97. The Morgan fingerprint density at radius 3 is 2.76 bits per heavy atom. The average molecular weight is 392 g/mol. The van der Waals surface area contributed by atoms with Gasteiger partial charge < -0.3 is 19.3 Å². The summed E-state index contributed by atoms with van der Waals surface area (Å²) >= 11 is 0. The number of nitrogens with zero attached hydrogens (tertiary/aromatic N) is 1. The monoisotopic (exact) mass is 392 g/mol. The molecule has 6 heteroatoms. The lowest BCUT2D eigenvalue weighted by Gasteiger charge is -2.39. The number of hydrogen-bond acceptors (Lipinski definition) is 5. The molecule has 0 fully saturated rings. The lowest BCUT2D eigenvalue weighted by Crippen LogP contribution is -2.43. The van der Waals surface area contributed by atoms with Crippen LogP contribution in [0.2, 0.25) is 0 Å². The van der Waals surface area contributed by atoms with Gasteiger partial charge in [-0.3, -0.25) is 0 Å². The molecule has 2 aromatic carbocycles. The number of nitrogens with one attached hydrogen (secondary N) is 1. The van der Waals surface area contributed by atoms with E-state index in [9.17, 15) is 4.39 Å². The van der Waals surface area contributed by atoms with E-state index in [1.54, 1.807) is 6.07 Å². The van der Waals surface area contributed by atoms with Crippen molar-refractivity contribution in [3.63, 3.8) is 0 Å². The number of aryl methyl sites for hydroxylation is 1. The number of benzene rings is 2. The van der Waals surface area contributed by atoms with E-state index in [0.29, 0.717) is 23.7 Å². The number of ether oxygens (including phenoxy) is 2. The first-order valence-electron chi connectivity index (χ1n) is 9.65. The highest BCUT2D eigenvalue weighted by atomic mass is 19.1. The van der Waals surface area contributed by atoms with Crippen molar-refractivity contribution in [1.82, 2.24) is 10.4 Å². The van der Waals surface area contributed by atoms with E-state index in [2.05, 4.69) is 11.5 Å². The van der Waals surface area contributed by atoms with Crippen LogP contribution in [0.4, 0.5) is 4.39 Å². The molecular weight excluding hydrogens is 371 g/mol. The molecule has 0 radical (unpaired) electrons. The highest BCUT2D eigenvalue weighted by molar-refractivity contribution is 5.65. The maximum atomic E-state index is 14.0. The third-order valence-electron chi connectivity index (χ3n) is 5.12. The third kappa shape index (κ3) is 3.06. The molecule has 3 heterocycles. The van der Waals surface area contributed by atoms with E-state index in [0.717, 1.165) is 22.8 Å². The van der Waals surface area contributed by atoms with Gasteiger partial charge in [0.25, 0.3) is 0 Å². The molecule has 0 bridgehead atoms. The molecule has 29 heavy (non-hydrogen) atoms. The average Bonchev–Trinajstić information content (AvgIpc) is 3.34. The fraction of sp³-hybridized carbons (Fsp3) is 0.217. The summed E-state index contributed by atoms with van der Waals surface area (Å²) in [6, 6.07) is 16.1. The summed E-state index contributed by atoms with van der Waals surface area (Å²) in [7, 11) is 0. The Labute approximate surface area is 168 Å². The quantitative estimate of drug-likeness (QED) is 0.668. The van der Waals surface area contributed by atoms with Crippen molar-refractivity contribution in [3.05, 3.63) is 89.1 Å². The molecule has 3 aromatic rings. The summed E-state index contributed by atoms with van der Waals surface area (Å²) in [6.45, 7) is 4.38. The number of hydrazine groups is 1. The largest absolute Gasteiger partial charge is 0.490 e. The molecule has 1 N–H and O–H groups in total. The molecule has 2 aliphatic rings. The van der Waals surface area contributed by atoms with Crippen molar-refractivity contribution in [2.75, 3.05) is 6.61 Å². The summed E-state index contributed by atoms with van der Waals surface area (Å²) in [4.78, 5) is 0. The Kier molecular flexibility index (Phi) is 4.28. The molecule has 2 aliphatic heterocycles. The molecule has 5 rings (SSSR count). The minimum Gasteiger partial charge on any atom is -0.490 e. The van der Waals surface area contributed by atoms with E-state index in [-0.39, 0.29) is 11.9 Å². The van der Waals surface area contributed by atoms with Gasteiger partial charge >= 0.3 is 0 Å². The zero-order chi connectivity index (χ0) is 20.0. The number of rotatable bonds is 4. The zero-order valence-corrected chi connectivity index (χ0v) is 16.2. The minimum atomic E-state index is -0.533. The number of hydrogen-bond donors (Lipinski definition) is 1. The van der Waals surface area contributed by atoms with Crippen LogP contribution in [-0.2, 0) is 0 Å². The highest BCUT2D eigenvalue weighted by Crippen LogP contribution is 2.49. The maximum Gasteiger partial charge on any atom is 0.196 e. The van der Waals surface area contributed by atoms with Crippen LogP contribution >= 0.6 is 0 Å². The molecule has 0 aliphatic carbocycles. The van der Waals surface area contributed by atoms with Gasteiger partial charge in [0.05, 0.1) is 18.3 Å². The van der Waals surface area contributed by atoms with Crippen molar-refractivity contribution in [3.8, 4) is 11.5 Å². The molecule has 0 saturated heterocycles. The van der Waals surface area contributed by atoms with Gasteiger partial charge in [0.15, 0.2) is 23.5 Å². The second-order valence-corrected chi connectivity index (χ2v) is 7.09. The van der Waals surface area contributed by atoms with E-state index < -0.39 is 6.23 Å². The fourth-order valence-electron chi connectivity index (χ4n) is 3.86. The van der Waals surface area contributed by atoms with Gasteiger partial charge in [-0.1, -0.05) is 24.3 Å². The van der Waals surface area contributed by atoms with E-state index in [4.69, 9.17) is 13.9 Å². The standard InChI is InChI=1S/C23H21FN2O3/c1-3-27-21-9-5-8-17-19-13-18(20-11-10-14(2)28-20)25-26(19)23(29-22(17)21)15-6-4-7-16(24)12-15/h4-13,19,23,25H,3H2,1-2H3. The van der Waals surface area contributed by atoms with Crippen molar-refractivity contribution in [1.29, 1.82) is 0 Å². The number of fused-ring (bicyclic) bond motifs is 3. The SMILES string of the molecule is CCOc1cccc2c1OC(c1cccc(F)c1)N1NC(c3ccc(C)o3)=CC21. The summed E-state index contributed by atoms with van der Waals surface area (Å²) in [5.41, 5.74) is 5.94. The van der Waals surface area contributed by atoms with Crippen LogP contribution < -0.4 is 14.9 Å². The topological polar surface area (TPSA) is 46.9 Å². The lowest BCUT2D eigenvalue weighted by atomic mass is 10.0. The highest BCUT2D eigenvalue weighted by Gasteiger charge is 2.42. The van der Waals surface area contributed by atoms with Gasteiger partial charge in [0, 0.05) is 11.1 Å². The first-order valence-corrected chi connectivity index (χ1v) is 9.65. The van der Waals surface area contributed by atoms with Gasteiger partial charge in [-0.25, -0.2) is 4.39 Å². The van der Waals surface area contributed by atoms with Gasteiger partial charge in [0.1, 0.15) is 11.6 Å². The molecule has 5 nitrogen and oxygen atoms in total. The second-order valence-electron chi connectivity index (χ2n) is 7.09. The predicted molar refractivity (Wildman–Crippen MR) is 107 cm³/mol. The van der Waals surface area contributed by atoms with Crippen molar-refractivity contribution in [2.24, 2.45) is 0 Å². The molecule has 0 spiro atoms. The van der Waals surface area contributed by atoms with E-state index >= 15 is 0 Å². The first-order chi connectivity index (χ1) is 14.1. The molecule has 1 aromatic heterocycles. The summed E-state index contributed by atoms with van der Waals surface area (Å²) in [5.74, 6) is 2.64. The lowest BCUT2D eigenvalue weighted by molar-refractivity contribution is -0.0349. The van der Waals surface area contributed by atoms with Crippen LogP contribution in [0.15, 0.2) is 65.1 Å². The Morgan fingerprint density at radius 1 is 1.14 bits per heavy atom. The Morgan fingerprint density at radius 2 is 2.00 bits per heavy atom. The zero-order valence-electron chi connectivity index (χ0n) is 16.2. The van der Waals surface area contributed by atoms with Gasteiger partial charge in [-0.05, 0) is 50.3 Å². The normalized spacial score (nSPS) is 20.3. The maximum absolute atomic E-state index is 14.0. The Balaban J connectivity index is 1.62. The van der Waals surface area contributed by atoms with Crippen LogP contribution in [0.5, 0.6) is 11.5 Å². The van der Waals surface area contributed by atoms with Crippen LogP contribution in [-0.4, -0.2) is 11.6 Å². The van der Waals surface area contributed by atoms with Gasteiger partial charge in [-0.2, -0.15) is 5.01 Å². The van der Waals surface area contributed by atoms with Crippen molar-refractivity contribution >= 4 is 5.70 Å². The molecule has 0 amide bonds. The van der Waals surface area contributed by atoms with E-state index in [1.165, 1.54) is 12.1 Å². The Hall–Kier alpha value is -3.25. The number of furan rings is 1. The molecule has 2 unspecified atom stereocenters.